The number of rotatable bonds is 8. The fourth-order valence-corrected chi connectivity index (χ4v) is 6.06. The van der Waals surface area contributed by atoms with Crippen molar-refractivity contribution in [3.05, 3.63) is 59.7 Å². The second-order valence-electron chi connectivity index (χ2n) is 13.6. The molecular weight excluding hydrogens is 548 g/mol. The Kier molecular flexibility index (Phi) is 10.1. The maximum Gasteiger partial charge on any atom is 0.266 e. The summed E-state index contributed by atoms with van der Waals surface area (Å²) in [6, 6.07) is 17.2. The maximum atomic E-state index is 13.9. The van der Waals surface area contributed by atoms with Crippen LogP contribution in [0.25, 0.3) is 0 Å². The minimum absolute atomic E-state index is 0. The van der Waals surface area contributed by atoms with Crippen molar-refractivity contribution in [1.82, 2.24) is 15.1 Å². The van der Waals surface area contributed by atoms with Gasteiger partial charge in [0.15, 0.2) is 5.60 Å². The van der Waals surface area contributed by atoms with Gasteiger partial charge in [-0.1, -0.05) is 51.1 Å². The molecule has 2 aliphatic heterocycles. The summed E-state index contributed by atoms with van der Waals surface area (Å²) < 4.78 is 6.28. The first-order valence-corrected chi connectivity index (χ1v) is 15.5. The quantitative estimate of drug-likeness (QED) is 0.442. The van der Waals surface area contributed by atoms with Crippen LogP contribution < -0.4 is 15.0 Å². The number of anilines is 1. The Balaban J connectivity index is 0.00000405. The lowest BCUT2D eigenvalue weighted by Gasteiger charge is -2.37. The summed E-state index contributed by atoms with van der Waals surface area (Å²) in [6.45, 7) is 15.7. The van der Waals surface area contributed by atoms with Crippen molar-refractivity contribution < 1.29 is 14.3 Å². The van der Waals surface area contributed by atoms with E-state index in [9.17, 15) is 9.59 Å². The number of piperazine rings is 1. The summed E-state index contributed by atoms with van der Waals surface area (Å²) >= 11 is 0. The monoisotopic (exact) mass is 596 g/mol. The van der Waals surface area contributed by atoms with E-state index in [4.69, 9.17) is 4.74 Å². The van der Waals surface area contributed by atoms with Crippen LogP contribution in [0.2, 0.25) is 0 Å². The van der Waals surface area contributed by atoms with E-state index < -0.39 is 5.60 Å². The molecule has 8 heteroatoms. The van der Waals surface area contributed by atoms with Gasteiger partial charge in [0.2, 0.25) is 5.91 Å². The van der Waals surface area contributed by atoms with Gasteiger partial charge in [0.1, 0.15) is 5.75 Å². The Morgan fingerprint density at radius 3 is 2.29 bits per heavy atom. The number of piperidine rings is 1. The third kappa shape index (κ3) is 7.78. The van der Waals surface area contributed by atoms with Crippen LogP contribution in [0.5, 0.6) is 5.75 Å². The first kappa shape index (κ1) is 32.2. The summed E-state index contributed by atoms with van der Waals surface area (Å²) in [5.74, 6) is 0.963. The minimum atomic E-state index is -0.952. The van der Waals surface area contributed by atoms with Gasteiger partial charge in [0.25, 0.3) is 5.91 Å². The molecule has 2 saturated heterocycles. The third-order valence-electron chi connectivity index (χ3n) is 8.69. The average Bonchev–Trinajstić information content (AvgIpc) is 3.81. The van der Waals surface area contributed by atoms with Gasteiger partial charge in [-0.15, -0.1) is 12.4 Å². The second kappa shape index (κ2) is 13.3. The molecule has 1 aliphatic carbocycles. The van der Waals surface area contributed by atoms with Crippen LogP contribution in [-0.2, 0) is 21.5 Å². The van der Waals surface area contributed by atoms with Crippen molar-refractivity contribution in [2.75, 3.05) is 44.2 Å². The van der Waals surface area contributed by atoms with Gasteiger partial charge in [0, 0.05) is 63.6 Å². The number of benzene rings is 2. The van der Waals surface area contributed by atoms with E-state index in [0.717, 1.165) is 51.0 Å². The first-order chi connectivity index (χ1) is 19.5. The summed E-state index contributed by atoms with van der Waals surface area (Å²) in [5.41, 5.74) is 2.73. The number of ether oxygens (including phenoxy) is 1. The van der Waals surface area contributed by atoms with E-state index in [2.05, 4.69) is 66.2 Å². The van der Waals surface area contributed by atoms with Gasteiger partial charge in [-0.2, -0.15) is 0 Å². The molecule has 230 valence electrons. The fraction of sp³-hybridized carbons (Fsp3) is 0.588. The number of hydrogen-bond donors (Lipinski definition) is 1. The van der Waals surface area contributed by atoms with Gasteiger partial charge in [-0.25, -0.2) is 0 Å². The van der Waals surface area contributed by atoms with Crippen LogP contribution in [0.1, 0.15) is 71.4 Å². The van der Waals surface area contributed by atoms with E-state index in [1.165, 1.54) is 11.1 Å². The SMILES string of the molecule is CC(C)(Oc1cccc(N2CCCC(C(=O)N(Cc3ccc(C(C)(C)C)cc3)C3CC3)C2)c1)C(=O)N1CCNCC1.Cl. The summed E-state index contributed by atoms with van der Waals surface area (Å²) in [7, 11) is 0. The Labute approximate surface area is 258 Å². The summed E-state index contributed by atoms with van der Waals surface area (Å²) in [5, 5.41) is 3.29. The highest BCUT2D eigenvalue weighted by molar-refractivity contribution is 5.85. The summed E-state index contributed by atoms with van der Waals surface area (Å²) in [6.07, 6.45) is 4.10. The molecular formula is C34H49ClN4O3. The molecule has 1 saturated carbocycles. The minimum Gasteiger partial charge on any atom is -0.478 e. The van der Waals surface area contributed by atoms with Gasteiger partial charge < -0.3 is 24.8 Å². The van der Waals surface area contributed by atoms with Crippen LogP contribution in [0.4, 0.5) is 5.69 Å². The van der Waals surface area contributed by atoms with Crippen LogP contribution in [0, 0.1) is 5.92 Å². The molecule has 0 aromatic heterocycles. The molecule has 3 aliphatic rings. The molecule has 2 amide bonds. The lowest BCUT2D eigenvalue weighted by atomic mass is 9.86. The third-order valence-corrected chi connectivity index (χ3v) is 8.69. The van der Waals surface area contributed by atoms with Crippen molar-refractivity contribution in [1.29, 1.82) is 0 Å². The molecule has 2 heterocycles. The number of carbonyl (C=O) groups excluding carboxylic acids is 2. The molecule has 0 radical (unpaired) electrons. The standard InChI is InChI=1S/C34H48N4O3.ClH/c1-33(2,3)27-13-11-25(12-14-27)23-38(28-15-16-28)31(39)26-8-7-19-37(24-26)29-9-6-10-30(22-29)41-34(4,5)32(40)36-20-17-35-18-21-36;/h6,9-14,22,26,28,35H,7-8,15-21,23-24H2,1-5H3;1H. The van der Waals surface area contributed by atoms with E-state index in [1.807, 2.05) is 36.9 Å². The van der Waals surface area contributed by atoms with Crippen LogP contribution in [-0.4, -0.2) is 72.5 Å². The Hall–Kier alpha value is -2.77. The molecule has 0 spiro atoms. The van der Waals surface area contributed by atoms with Crippen LogP contribution >= 0.6 is 12.4 Å². The largest absolute Gasteiger partial charge is 0.478 e. The zero-order valence-corrected chi connectivity index (χ0v) is 26.8. The fourth-order valence-electron chi connectivity index (χ4n) is 6.06. The topological polar surface area (TPSA) is 65.1 Å². The van der Waals surface area contributed by atoms with Gasteiger partial charge >= 0.3 is 0 Å². The van der Waals surface area contributed by atoms with Crippen LogP contribution in [0.15, 0.2) is 48.5 Å². The number of amides is 2. The molecule has 0 bridgehead atoms. The maximum absolute atomic E-state index is 13.9. The molecule has 2 aromatic carbocycles. The lowest BCUT2D eigenvalue weighted by Crippen LogP contribution is -2.54. The average molecular weight is 597 g/mol. The highest BCUT2D eigenvalue weighted by Gasteiger charge is 2.38. The molecule has 42 heavy (non-hydrogen) atoms. The molecule has 2 aromatic rings. The van der Waals surface area contributed by atoms with Crippen LogP contribution in [0.3, 0.4) is 0 Å². The number of carbonyl (C=O) groups is 2. The Bertz CT molecular complexity index is 1220. The predicted octanol–water partition coefficient (Wildman–Crippen LogP) is 5.40. The number of hydrogen-bond acceptors (Lipinski definition) is 5. The molecule has 7 nitrogen and oxygen atoms in total. The lowest BCUT2D eigenvalue weighted by molar-refractivity contribution is -0.146. The zero-order chi connectivity index (χ0) is 29.2. The molecule has 3 fully saturated rings. The highest BCUT2D eigenvalue weighted by Crippen LogP contribution is 2.34. The van der Waals surface area contributed by atoms with Crippen molar-refractivity contribution in [3.8, 4) is 5.75 Å². The Morgan fingerprint density at radius 2 is 1.64 bits per heavy atom. The molecule has 5 rings (SSSR count). The number of halogens is 1. The predicted molar refractivity (Wildman–Crippen MR) is 171 cm³/mol. The summed E-state index contributed by atoms with van der Waals surface area (Å²) in [4.78, 5) is 33.4. The van der Waals surface area contributed by atoms with Crippen molar-refractivity contribution in [3.63, 3.8) is 0 Å². The Morgan fingerprint density at radius 1 is 0.952 bits per heavy atom. The van der Waals surface area contributed by atoms with E-state index in [-0.39, 0.29) is 35.6 Å². The van der Waals surface area contributed by atoms with E-state index in [0.29, 0.717) is 38.0 Å². The smallest absolute Gasteiger partial charge is 0.266 e. The van der Waals surface area contributed by atoms with Gasteiger partial charge in [-0.05, 0) is 68.2 Å². The van der Waals surface area contributed by atoms with Gasteiger partial charge in [0.05, 0.1) is 5.92 Å². The van der Waals surface area contributed by atoms with Gasteiger partial charge in [-0.3, -0.25) is 9.59 Å². The molecule has 1 unspecified atom stereocenters. The van der Waals surface area contributed by atoms with Crippen molar-refractivity contribution >= 4 is 29.9 Å². The first-order valence-electron chi connectivity index (χ1n) is 15.5. The molecule has 1 atom stereocenters. The number of nitrogens with zero attached hydrogens (tertiary/aromatic N) is 3. The second-order valence-corrected chi connectivity index (χ2v) is 13.6. The highest BCUT2D eigenvalue weighted by atomic mass is 35.5. The van der Waals surface area contributed by atoms with E-state index in [1.54, 1.807) is 0 Å². The number of nitrogens with one attached hydrogen (secondary N) is 1. The van der Waals surface area contributed by atoms with Crippen molar-refractivity contribution in [2.45, 2.75) is 83.9 Å². The van der Waals surface area contributed by atoms with E-state index >= 15 is 0 Å². The normalized spacial score (nSPS) is 19.6. The molecule has 1 N–H and O–H groups in total. The van der Waals surface area contributed by atoms with Crippen molar-refractivity contribution in [2.24, 2.45) is 5.92 Å². The zero-order valence-electron chi connectivity index (χ0n) is 26.0.